The van der Waals surface area contributed by atoms with Crippen LogP contribution in [0.3, 0.4) is 0 Å². The average molecular weight is 664 g/mol. The second-order valence-corrected chi connectivity index (χ2v) is 14.5. The number of hydrogen-bond donors (Lipinski definition) is 0. The molecule has 0 saturated carbocycles. The molecule has 7 nitrogen and oxygen atoms in total. The molecule has 0 spiro atoms. The first kappa shape index (κ1) is 27.4. The van der Waals surface area contributed by atoms with E-state index in [0.29, 0.717) is 21.2 Å². The fourth-order valence-electron chi connectivity index (χ4n) is 7.92. The van der Waals surface area contributed by atoms with E-state index in [-0.39, 0.29) is 0 Å². The highest BCUT2D eigenvalue weighted by Gasteiger charge is 2.35. The molecule has 3 aromatic heterocycles. The number of aromatic nitrogens is 4. The Morgan fingerprint density at radius 1 is 0.460 bits per heavy atom. The SMILES string of the molecule is O=S1(=O)c2ccccc2N(c2cc3c4ccccc4n(-c4nc5ccccc5c5nc6ccccc6n45)c3c3ccccc23)c2ccccc21. The standard InChI is InChI=1S/C42H25N5O2S/c48-50(49)38-23-11-9-21-35(38)45(36-22-10-12-24-39(36)50)37-25-30-27-14-4-7-19-33(27)46(40(30)28-15-2-1-13-26(28)37)42-44-31-17-5-3-16-29(31)41-43-32-18-6-8-20-34(32)47(41)42/h1-25H. The summed E-state index contributed by atoms with van der Waals surface area (Å²) in [6.07, 6.45) is 0. The highest BCUT2D eigenvalue weighted by molar-refractivity contribution is 7.92. The van der Waals surface area contributed by atoms with E-state index in [1.807, 2.05) is 66.7 Å². The Hall–Kier alpha value is -6.51. The van der Waals surface area contributed by atoms with E-state index in [9.17, 15) is 8.42 Å². The molecule has 8 heteroatoms. The molecule has 11 rings (SSSR count). The fraction of sp³-hybridized carbons (Fsp3) is 0. The molecular weight excluding hydrogens is 639 g/mol. The number of para-hydroxylation sites is 6. The Labute approximate surface area is 285 Å². The summed E-state index contributed by atoms with van der Waals surface area (Å²) >= 11 is 0. The van der Waals surface area contributed by atoms with Gasteiger partial charge in [-0.05, 0) is 60.7 Å². The summed E-state index contributed by atoms with van der Waals surface area (Å²) in [5.74, 6) is 0.747. The maximum absolute atomic E-state index is 13.9. The van der Waals surface area contributed by atoms with E-state index >= 15 is 0 Å². The summed E-state index contributed by atoms with van der Waals surface area (Å²) in [4.78, 5) is 13.2. The maximum Gasteiger partial charge on any atom is 0.221 e. The second kappa shape index (κ2) is 9.78. The van der Waals surface area contributed by atoms with Crippen molar-refractivity contribution in [2.75, 3.05) is 4.90 Å². The lowest BCUT2D eigenvalue weighted by atomic mass is 10.0. The third-order valence-electron chi connectivity index (χ3n) is 10.0. The summed E-state index contributed by atoms with van der Waals surface area (Å²) in [7, 11) is -3.72. The molecule has 0 radical (unpaired) electrons. The molecular formula is C42H25N5O2S. The molecule has 0 atom stereocenters. The average Bonchev–Trinajstić information content (AvgIpc) is 3.72. The van der Waals surface area contributed by atoms with Gasteiger partial charge < -0.3 is 4.90 Å². The maximum atomic E-state index is 13.9. The van der Waals surface area contributed by atoms with Crippen LogP contribution in [0.25, 0.3) is 66.1 Å². The Bertz CT molecular complexity index is 3140. The van der Waals surface area contributed by atoms with Crippen molar-refractivity contribution in [2.24, 2.45) is 0 Å². The van der Waals surface area contributed by atoms with Crippen molar-refractivity contribution in [3.05, 3.63) is 152 Å². The van der Waals surface area contributed by atoms with Gasteiger partial charge in [0.1, 0.15) is 5.65 Å². The summed E-state index contributed by atoms with van der Waals surface area (Å²) in [5.41, 5.74) is 7.76. The summed E-state index contributed by atoms with van der Waals surface area (Å²) in [6, 6.07) is 49.9. The minimum Gasteiger partial charge on any atom is -0.307 e. The molecule has 0 unspecified atom stereocenters. The van der Waals surface area contributed by atoms with E-state index in [1.54, 1.807) is 24.3 Å². The Morgan fingerprint density at radius 2 is 1.02 bits per heavy atom. The van der Waals surface area contributed by atoms with Gasteiger partial charge in [0.25, 0.3) is 0 Å². The van der Waals surface area contributed by atoms with Crippen LogP contribution in [0, 0.1) is 0 Å². The number of anilines is 3. The molecule has 50 heavy (non-hydrogen) atoms. The van der Waals surface area contributed by atoms with Crippen LogP contribution in [-0.4, -0.2) is 27.4 Å². The van der Waals surface area contributed by atoms with Gasteiger partial charge in [-0.3, -0.25) is 8.97 Å². The fourth-order valence-corrected chi connectivity index (χ4v) is 9.54. The van der Waals surface area contributed by atoms with E-state index < -0.39 is 9.84 Å². The number of nitrogens with zero attached hydrogens (tertiary/aromatic N) is 5. The van der Waals surface area contributed by atoms with Gasteiger partial charge in [-0.2, -0.15) is 0 Å². The van der Waals surface area contributed by atoms with Gasteiger partial charge in [0.2, 0.25) is 15.8 Å². The third kappa shape index (κ3) is 3.50. The molecule has 10 aromatic rings. The monoisotopic (exact) mass is 663 g/mol. The Morgan fingerprint density at radius 3 is 1.76 bits per heavy atom. The largest absolute Gasteiger partial charge is 0.307 e. The Balaban J connectivity index is 1.32. The highest BCUT2D eigenvalue weighted by atomic mass is 32.2. The van der Waals surface area contributed by atoms with Crippen molar-refractivity contribution in [3.8, 4) is 5.95 Å². The van der Waals surface area contributed by atoms with E-state index in [0.717, 1.165) is 71.8 Å². The van der Waals surface area contributed by atoms with E-state index in [1.165, 1.54) is 0 Å². The summed E-state index contributed by atoms with van der Waals surface area (Å²) in [5, 5.41) is 5.09. The second-order valence-electron chi connectivity index (χ2n) is 12.7. The first-order chi connectivity index (χ1) is 24.6. The van der Waals surface area contributed by atoms with Crippen LogP contribution < -0.4 is 4.90 Å². The summed E-state index contributed by atoms with van der Waals surface area (Å²) in [6.45, 7) is 0. The quantitative estimate of drug-likeness (QED) is 0.184. The molecule has 7 aromatic carbocycles. The molecule has 1 aliphatic rings. The normalized spacial score (nSPS) is 13.9. The smallest absolute Gasteiger partial charge is 0.221 e. The number of sulfone groups is 1. The van der Waals surface area contributed by atoms with Crippen molar-refractivity contribution in [3.63, 3.8) is 0 Å². The predicted molar refractivity (Wildman–Crippen MR) is 200 cm³/mol. The van der Waals surface area contributed by atoms with Crippen molar-refractivity contribution < 1.29 is 8.42 Å². The summed E-state index contributed by atoms with van der Waals surface area (Å²) < 4.78 is 32.3. The lowest BCUT2D eigenvalue weighted by Gasteiger charge is -2.33. The first-order valence-corrected chi connectivity index (χ1v) is 17.9. The highest BCUT2D eigenvalue weighted by Crippen LogP contribution is 2.51. The number of rotatable bonds is 2. The van der Waals surface area contributed by atoms with E-state index in [4.69, 9.17) is 9.97 Å². The van der Waals surface area contributed by atoms with E-state index in [2.05, 4.69) is 74.5 Å². The van der Waals surface area contributed by atoms with Crippen LogP contribution in [0.4, 0.5) is 17.1 Å². The zero-order valence-corrected chi connectivity index (χ0v) is 27.2. The molecule has 0 aliphatic carbocycles. The molecule has 236 valence electrons. The number of imidazole rings is 1. The van der Waals surface area contributed by atoms with Crippen LogP contribution in [-0.2, 0) is 9.84 Å². The van der Waals surface area contributed by atoms with Gasteiger partial charge in [0.15, 0.2) is 0 Å². The zero-order valence-electron chi connectivity index (χ0n) is 26.4. The van der Waals surface area contributed by atoms with Crippen LogP contribution in [0.1, 0.15) is 0 Å². The number of hydrogen-bond acceptors (Lipinski definition) is 5. The van der Waals surface area contributed by atoms with Crippen LogP contribution in [0.2, 0.25) is 0 Å². The van der Waals surface area contributed by atoms with Crippen molar-refractivity contribution in [1.82, 2.24) is 18.9 Å². The molecule has 4 heterocycles. The lowest BCUT2D eigenvalue weighted by molar-refractivity contribution is 0.595. The van der Waals surface area contributed by atoms with Crippen molar-refractivity contribution >= 4 is 87.1 Å². The van der Waals surface area contributed by atoms with Gasteiger partial charge >= 0.3 is 0 Å². The number of fused-ring (bicyclic) bond motifs is 12. The predicted octanol–water partition coefficient (Wildman–Crippen LogP) is 9.90. The van der Waals surface area contributed by atoms with Gasteiger partial charge in [-0.1, -0.05) is 91.0 Å². The molecule has 0 amide bonds. The zero-order chi connectivity index (χ0) is 33.1. The number of benzene rings is 7. The van der Waals surface area contributed by atoms with Gasteiger partial charge in [0, 0.05) is 26.9 Å². The van der Waals surface area contributed by atoms with Crippen molar-refractivity contribution in [1.29, 1.82) is 0 Å². The minimum absolute atomic E-state index is 0.292. The van der Waals surface area contributed by atoms with Crippen LogP contribution in [0.5, 0.6) is 0 Å². The van der Waals surface area contributed by atoms with Gasteiger partial charge in [0.05, 0.1) is 54.4 Å². The lowest BCUT2D eigenvalue weighted by Crippen LogP contribution is -2.22. The third-order valence-corrected chi connectivity index (χ3v) is 11.9. The molecule has 0 bridgehead atoms. The van der Waals surface area contributed by atoms with Crippen LogP contribution >= 0.6 is 0 Å². The topological polar surface area (TPSA) is 72.5 Å². The first-order valence-electron chi connectivity index (χ1n) is 16.4. The molecule has 1 aliphatic heterocycles. The molecule has 0 fully saturated rings. The minimum atomic E-state index is -3.72. The van der Waals surface area contributed by atoms with Gasteiger partial charge in [-0.15, -0.1) is 0 Å². The Kier molecular flexibility index (Phi) is 5.37. The molecule has 0 saturated heterocycles. The molecule has 0 N–H and O–H groups in total. The van der Waals surface area contributed by atoms with Gasteiger partial charge in [-0.25, -0.2) is 18.4 Å². The van der Waals surface area contributed by atoms with Crippen molar-refractivity contribution in [2.45, 2.75) is 9.79 Å². The van der Waals surface area contributed by atoms with Crippen LogP contribution in [0.15, 0.2) is 161 Å².